The average molecular weight is 268 g/mol. The molecule has 0 heterocycles. The standard InChI is InChI=1S/C18H20O2/c1-11(2)14-6-5-7-15(10-14)16-8-9-17(18(19)20)13(4)12(16)3/h5-11H,1-4H3,(H,19,20). The molecular formula is C18H20O2. The Morgan fingerprint density at radius 3 is 2.35 bits per heavy atom. The van der Waals surface area contributed by atoms with E-state index in [1.54, 1.807) is 6.07 Å². The third-order valence-corrected chi connectivity index (χ3v) is 3.88. The Morgan fingerprint density at radius 2 is 1.75 bits per heavy atom. The fraction of sp³-hybridized carbons (Fsp3) is 0.278. The summed E-state index contributed by atoms with van der Waals surface area (Å²) in [6.07, 6.45) is 0. The maximum Gasteiger partial charge on any atom is 0.335 e. The molecule has 104 valence electrons. The average Bonchev–Trinajstić information content (AvgIpc) is 2.41. The van der Waals surface area contributed by atoms with E-state index in [1.165, 1.54) is 5.56 Å². The van der Waals surface area contributed by atoms with Crippen LogP contribution in [-0.2, 0) is 0 Å². The molecule has 0 spiro atoms. The molecule has 2 aromatic rings. The van der Waals surface area contributed by atoms with E-state index in [4.69, 9.17) is 5.11 Å². The lowest BCUT2D eigenvalue weighted by molar-refractivity contribution is 0.0696. The van der Waals surface area contributed by atoms with Gasteiger partial charge in [0.15, 0.2) is 0 Å². The van der Waals surface area contributed by atoms with Crippen LogP contribution < -0.4 is 0 Å². The minimum Gasteiger partial charge on any atom is -0.478 e. The molecule has 0 radical (unpaired) electrons. The van der Waals surface area contributed by atoms with Crippen LogP contribution in [0.4, 0.5) is 0 Å². The first-order valence-corrected chi connectivity index (χ1v) is 6.85. The molecule has 0 aromatic heterocycles. The molecule has 0 aliphatic heterocycles. The Balaban J connectivity index is 2.56. The van der Waals surface area contributed by atoms with Crippen LogP contribution in [0.2, 0.25) is 0 Å². The summed E-state index contributed by atoms with van der Waals surface area (Å²) in [7, 11) is 0. The molecule has 0 bridgehead atoms. The second-order valence-electron chi connectivity index (χ2n) is 5.50. The Kier molecular flexibility index (Phi) is 3.93. The highest BCUT2D eigenvalue weighted by Gasteiger charge is 2.13. The number of carboxylic acids is 1. The smallest absolute Gasteiger partial charge is 0.335 e. The highest BCUT2D eigenvalue weighted by Crippen LogP contribution is 2.29. The molecule has 1 N–H and O–H groups in total. The van der Waals surface area contributed by atoms with E-state index in [0.717, 1.165) is 22.3 Å². The summed E-state index contributed by atoms with van der Waals surface area (Å²) in [6.45, 7) is 8.20. The van der Waals surface area contributed by atoms with E-state index in [1.807, 2.05) is 19.9 Å². The van der Waals surface area contributed by atoms with E-state index in [9.17, 15) is 4.79 Å². The van der Waals surface area contributed by atoms with Crippen LogP contribution in [0.5, 0.6) is 0 Å². The predicted octanol–water partition coefficient (Wildman–Crippen LogP) is 4.79. The highest BCUT2D eigenvalue weighted by atomic mass is 16.4. The zero-order valence-electron chi connectivity index (χ0n) is 12.4. The molecule has 0 aliphatic carbocycles. The van der Waals surface area contributed by atoms with Crippen LogP contribution in [0.25, 0.3) is 11.1 Å². The predicted molar refractivity (Wildman–Crippen MR) is 82.4 cm³/mol. The van der Waals surface area contributed by atoms with Crippen molar-refractivity contribution in [1.82, 2.24) is 0 Å². The van der Waals surface area contributed by atoms with Crippen molar-refractivity contribution in [3.63, 3.8) is 0 Å². The maximum absolute atomic E-state index is 11.2. The molecular weight excluding hydrogens is 248 g/mol. The van der Waals surface area contributed by atoms with Gasteiger partial charge in [0.2, 0.25) is 0 Å². The second kappa shape index (κ2) is 5.49. The molecule has 0 atom stereocenters. The summed E-state index contributed by atoms with van der Waals surface area (Å²) < 4.78 is 0. The van der Waals surface area contributed by atoms with Crippen molar-refractivity contribution < 1.29 is 9.90 Å². The summed E-state index contributed by atoms with van der Waals surface area (Å²) in [5, 5.41) is 9.17. The fourth-order valence-electron chi connectivity index (χ4n) is 2.43. The quantitative estimate of drug-likeness (QED) is 0.868. The Bertz CT molecular complexity index is 654. The van der Waals surface area contributed by atoms with Crippen LogP contribution in [-0.4, -0.2) is 11.1 Å². The van der Waals surface area contributed by atoms with Crippen LogP contribution in [0.15, 0.2) is 36.4 Å². The topological polar surface area (TPSA) is 37.3 Å². The van der Waals surface area contributed by atoms with E-state index in [2.05, 4.69) is 38.1 Å². The molecule has 20 heavy (non-hydrogen) atoms. The largest absolute Gasteiger partial charge is 0.478 e. The van der Waals surface area contributed by atoms with Crippen molar-refractivity contribution in [2.24, 2.45) is 0 Å². The van der Waals surface area contributed by atoms with Gasteiger partial charge in [0.25, 0.3) is 0 Å². The van der Waals surface area contributed by atoms with Crippen molar-refractivity contribution in [1.29, 1.82) is 0 Å². The SMILES string of the molecule is Cc1c(C(=O)O)ccc(-c2cccc(C(C)C)c2)c1C. The molecule has 0 saturated carbocycles. The number of rotatable bonds is 3. The van der Waals surface area contributed by atoms with Crippen molar-refractivity contribution in [2.75, 3.05) is 0 Å². The van der Waals surface area contributed by atoms with Gasteiger partial charge in [0.1, 0.15) is 0 Å². The van der Waals surface area contributed by atoms with Crippen molar-refractivity contribution in [3.8, 4) is 11.1 Å². The first-order valence-electron chi connectivity index (χ1n) is 6.85. The van der Waals surface area contributed by atoms with E-state index in [-0.39, 0.29) is 0 Å². The summed E-state index contributed by atoms with van der Waals surface area (Å²) in [5.74, 6) is -0.386. The zero-order valence-corrected chi connectivity index (χ0v) is 12.4. The molecule has 0 aliphatic rings. The van der Waals surface area contributed by atoms with E-state index < -0.39 is 5.97 Å². The molecule has 2 nitrogen and oxygen atoms in total. The second-order valence-corrected chi connectivity index (χ2v) is 5.50. The third-order valence-electron chi connectivity index (χ3n) is 3.88. The van der Waals surface area contributed by atoms with Crippen LogP contribution in [0, 0.1) is 13.8 Å². The Morgan fingerprint density at radius 1 is 1.05 bits per heavy atom. The maximum atomic E-state index is 11.2. The van der Waals surface area contributed by atoms with Gasteiger partial charge < -0.3 is 5.11 Å². The van der Waals surface area contributed by atoms with Crippen molar-refractivity contribution >= 4 is 5.97 Å². The van der Waals surface area contributed by atoms with Crippen LogP contribution >= 0.6 is 0 Å². The van der Waals surface area contributed by atoms with Gasteiger partial charge in [0, 0.05) is 0 Å². The lowest BCUT2D eigenvalue weighted by Gasteiger charge is -2.13. The van der Waals surface area contributed by atoms with E-state index >= 15 is 0 Å². The number of hydrogen-bond acceptors (Lipinski definition) is 1. The summed E-state index contributed by atoms with van der Waals surface area (Å²) in [4.78, 5) is 11.2. The number of aromatic carboxylic acids is 1. The lowest BCUT2D eigenvalue weighted by atomic mass is 9.91. The van der Waals surface area contributed by atoms with Gasteiger partial charge in [-0.1, -0.05) is 44.2 Å². The minimum absolute atomic E-state index is 0.381. The van der Waals surface area contributed by atoms with Gasteiger partial charge in [-0.3, -0.25) is 0 Å². The van der Waals surface area contributed by atoms with Gasteiger partial charge in [-0.2, -0.15) is 0 Å². The Hall–Kier alpha value is -2.09. The normalized spacial score (nSPS) is 10.8. The minimum atomic E-state index is -0.868. The van der Waals surface area contributed by atoms with Crippen LogP contribution in [0.3, 0.4) is 0 Å². The highest BCUT2D eigenvalue weighted by molar-refractivity contribution is 5.91. The van der Waals surface area contributed by atoms with Crippen LogP contribution in [0.1, 0.15) is 46.8 Å². The monoisotopic (exact) mass is 268 g/mol. The lowest BCUT2D eigenvalue weighted by Crippen LogP contribution is -2.02. The van der Waals surface area contributed by atoms with Gasteiger partial charge in [-0.05, 0) is 53.6 Å². The summed E-state index contributed by atoms with van der Waals surface area (Å²) >= 11 is 0. The molecule has 2 heteroatoms. The van der Waals surface area contributed by atoms with Crippen molar-refractivity contribution in [2.45, 2.75) is 33.6 Å². The molecule has 0 amide bonds. The van der Waals surface area contributed by atoms with Crippen molar-refractivity contribution in [3.05, 3.63) is 58.7 Å². The van der Waals surface area contributed by atoms with Gasteiger partial charge >= 0.3 is 5.97 Å². The number of benzene rings is 2. The first-order chi connectivity index (χ1) is 9.41. The summed E-state index contributed by atoms with van der Waals surface area (Å²) in [6, 6.07) is 12.1. The number of carboxylic acid groups (broad SMARTS) is 1. The molecule has 0 unspecified atom stereocenters. The summed E-state index contributed by atoms with van der Waals surface area (Å²) in [5.41, 5.74) is 5.80. The van der Waals surface area contributed by atoms with Gasteiger partial charge in [0.05, 0.1) is 5.56 Å². The zero-order chi connectivity index (χ0) is 14.9. The molecule has 2 rings (SSSR count). The number of hydrogen-bond donors (Lipinski definition) is 1. The first kappa shape index (κ1) is 14.3. The Labute approximate surface area is 120 Å². The number of carbonyl (C=O) groups is 1. The van der Waals surface area contributed by atoms with Gasteiger partial charge in [-0.15, -0.1) is 0 Å². The van der Waals surface area contributed by atoms with Gasteiger partial charge in [-0.25, -0.2) is 4.79 Å². The molecule has 0 saturated heterocycles. The molecule has 0 fully saturated rings. The van der Waals surface area contributed by atoms with E-state index in [0.29, 0.717) is 11.5 Å². The third kappa shape index (κ3) is 2.60. The molecule has 2 aromatic carbocycles. The fourth-order valence-corrected chi connectivity index (χ4v) is 2.43.